The number of fused-ring (bicyclic) bond motifs is 1. The summed E-state index contributed by atoms with van der Waals surface area (Å²) in [5.74, 6) is 0.0972. The quantitative estimate of drug-likeness (QED) is 0.894. The summed E-state index contributed by atoms with van der Waals surface area (Å²) < 4.78 is 5.48. The second-order valence-corrected chi connectivity index (χ2v) is 5.51. The third-order valence-electron chi connectivity index (χ3n) is 4.23. The van der Waals surface area contributed by atoms with E-state index in [-0.39, 0.29) is 11.8 Å². The van der Waals surface area contributed by atoms with Gasteiger partial charge in [-0.3, -0.25) is 4.79 Å². The zero-order valence-electron chi connectivity index (χ0n) is 11.5. The van der Waals surface area contributed by atoms with Gasteiger partial charge in [-0.1, -0.05) is 6.92 Å². The molecule has 1 aliphatic carbocycles. The molecule has 0 saturated heterocycles. The number of aliphatic carboxylic acids is 1. The first kappa shape index (κ1) is 12.9. The van der Waals surface area contributed by atoms with Crippen molar-refractivity contribution < 1.29 is 14.6 Å². The predicted molar refractivity (Wildman–Crippen MR) is 70.4 cm³/mol. The minimum Gasteiger partial charge on any atom is -0.496 e. The van der Waals surface area contributed by atoms with E-state index in [0.29, 0.717) is 0 Å². The highest BCUT2D eigenvalue weighted by Gasteiger charge is 2.40. The summed E-state index contributed by atoms with van der Waals surface area (Å²) in [6, 6.07) is 2.03. The Morgan fingerprint density at radius 3 is 2.72 bits per heavy atom. The summed E-state index contributed by atoms with van der Waals surface area (Å²) >= 11 is 0. The van der Waals surface area contributed by atoms with E-state index in [0.717, 1.165) is 24.2 Å². The summed E-state index contributed by atoms with van der Waals surface area (Å²) in [6.07, 6.45) is 2.00. The fourth-order valence-electron chi connectivity index (χ4n) is 3.12. The van der Waals surface area contributed by atoms with E-state index < -0.39 is 5.97 Å². The molecule has 1 atom stereocenters. The molecule has 0 aromatic heterocycles. The summed E-state index contributed by atoms with van der Waals surface area (Å²) in [7, 11) is 1.66. The van der Waals surface area contributed by atoms with Crippen LogP contribution in [0.5, 0.6) is 5.75 Å². The Labute approximate surface area is 108 Å². The molecule has 18 heavy (non-hydrogen) atoms. The smallest absolute Gasteiger partial charge is 0.304 e. The number of carboxylic acids is 1. The van der Waals surface area contributed by atoms with E-state index in [1.807, 2.05) is 13.0 Å². The predicted octanol–water partition coefficient (Wildman–Crippen LogP) is 2.99. The van der Waals surface area contributed by atoms with Gasteiger partial charge in [-0.05, 0) is 49.4 Å². The lowest BCUT2D eigenvalue weighted by Gasteiger charge is -2.26. The van der Waals surface area contributed by atoms with Gasteiger partial charge in [0.1, 0.15) is 5.75 Å². The van der Waals surface area contributed by atoms with Crippen molar-refractivity contribution >= 4 is 5.97 Å². The number of ether oxygens (including phenoxy) is 1. The van der Waals surface area contributed by atoms with Crippen molar-refractivity contribution in [2.75, 3.05) is 7.11 Å². The van der Waals surface area contributed by atoms with Crippen molar-refractivity contribution in [3.63, 3.8) is 0 Å². The molecule has 0 bridgehead atoms. The van der Waals surface area contributed by atoms with Gasteiger partial charge in [-0.15, -0.1) is 0 Å². The lowest BCUT2D eigenvalue weighted by molar-refractivity contribution is -0.138. The molecule has 0 heterocycles. The van der Waals surface area contributed by atoms with Crippen LogP contribution in [0.2, 0.25) is 0 Å². The van der Waals surface area contributed by atoms with E-state index in [9.17, 15) is 4.79 Å². The minimum atomic E-state index is -0.745. The maximum absolute atomic E-state index is 11.1. The number of hydrogen-bond acceptors (Lipinski definition) is 2. The van der Waals surface area contributed by atoms with Gasteiger partial charge in [-0.2, -0.15) is 0 Å². The van der Waals surface area contributed by atoms with Gasteiger partial charge in [0.15, 0.2) is 0 Å². The number of aryl methyl sites for hydroxylation is 1. The Morgan fingerprint density at radius 2 is 2.17 bits per heavy atom. The Bertz CT molecular complexity index is 505. The van der Waals surface area contributed by atoms with Crippen LogP contribution < -0.4 is 4.74 Å². The van der Waals surface area contributed by atoms with Crippen LogP contribution in [-0.4, -0.2) is 18.2 Å². The highest BCUT2D eigenvalue weighted by atomic mass is 16.5. The van der Waals surface area contributed by atoms with E-state index >= 15 is 0 Å². The summed E-state index contributed by atoms with van der Waals surface area (Å²) in [4.78, 5) is 11.1. The molecule has 0 aliphatic heterocycles. The number of hydrogen-bond donors (Lipinski definition) is 1. The molecule has 0 saturated carbocycles. The largest absolute Gasteiger partial charge is 0.496 e. The molecule has 1 aromatic carbocycles. The molecule has 3 nitrogen and oxygen atoms in total. The highest BCUT2D eigenvalue weighted by Crippen LogP contribution is 2.48. The number of carboxylic acid groups (broad SMARTS) is 1. The third kappa shape index (κ3) is 1.88. The van der Waals surface area contributed by atoms with Crippen LogP contribution in [0.1, 0.15) is 42.0 Å². The first-order chi connectivity index (χ1) is 8.39. The molecule has 0 fully saturated rings. The first-order valence-corrected chi connectivity index (χ1v) is 6.28. The van der Waals surface area contributed by atoms with Crippen molar-refractivity contribution in [3.05, 3.63) is 28.3 Å². The lowest BCUT2D eigenvalue weighted by atomic mass is 9.79. The Morgan fingerprint density at radius 1 is 1.50 bits per heavy atom. The molecule has 1 unspecified atom stereocenters. The first-order valence-electron chi connectivity index (χ1n) is 6.28. The summed E-state index contributed by atoms with van der Waals surface area (Å²) in [5, 5.41) is 9.11. The zero-order valence-corrected chi connectivity index (χ0v) is 11.5. The number of benzene rings is 1. The second kappa shape index (κ2) is 4.30. The van der Waals surface area contributed by atoms with E-state index in [4.69, 9.17) is 9.84 Å². The second-order valence-electron chi connectivity index (χ2n) is 5.51. The molecule has 1 N–H and O–H groups in total. The van der Waals surface area contributed by atoms with Crippen LogP contribution in [-0.2, 0) is 16.6 Å². The molecule has 1 aromatic rings. The van der Waals surface area contributed by atoms with Crippen LogP contribution in [0.4, 0.5) is 0 Å². The average molecular weight is 248 g/mol. The van der Waals surface area contributed by atoms with Crippen LogP contribution in [0.15, 0.2) is 6.07 Å². The maximum Gasteiger partial charge on any atom is 0.304 e. The zero-order chi connectivity index (χ0) is 13.5. The van der Waals surface area contributed by atoms with Crippen molar-refractivity contribution in [2.45, 2.75) is 45.4 Å². The van der Waals surface area contributed by atoms with Gasteiger partial charge < -0.3 is 9.84 Å². The molecule has 0 amide bonds. The Kier molecular flexibility index (Phi) is 3.09. The summed E-state index contributed by atoms with van der Waals surface area (Å²) in [5.41, 5.74) is 4.58. The lowest BCUT2D eigenvalue weighted by Crippen LogP contribution is -2.23. The van der Waals surface area contributed by atoms with Crippen molar-refractivity contribution in [2.24, 2.45) is 0 Å². The SMILES string of the molecule is COc1cc(C)c(C)c2c1C(C)(CC(=O)O)CC2. The van der Waals surface area contributed by atoms with E-state index in [1.165, 1.54) is 16.7 Å². The fourth-order valence-corrected chi connectivity index (χ4v) is 3.12. The number of carbonyl (C=O) groups is 1. The van der Waals surface area contributed by atoms with Crippen molar-refractivity contribution in [3.8, 4) is 5.75 Å². The number of rotatable bonds is 3. The Balaban J connectivity index is 2.61. The van der Waals surface area contributed by atoms with Crippen LogP contribution in [0.25, 0.3) is 0 Å². The normalized spacial score (nSPS) is 21.8. The molecule has 1 aliphatic rings. The van der Waals surface area contributed by atoms with Crippen LogP contribution in [0, 0.1) is 13.8 Å². The van der Waals surface area contributed by atoms with Gasteiger partial charge in [0.05, 0.1) is 13.5 Å². The minimum absolute atomic E-state index is 0.166. The van der Waals surface area contributed by atoms with Crippen LogP contribution >= 0.6 is 0 Å². The maximum atomic E-state index is 11.1. The number of methoxy groups -OCH3 is 1. The molecule has 0 spiro atoms. The van der Waals surface area contributed by atoms with Crippen molar-refractivity contribution in [1.82, 2.24) is 0 Å². The topological polar surface area (TPSA) is 46.5 Å². The molecule has 2 rings (SSSR count). The van der Waals surface area contributed by atoms with Gasteiger partial charge in [-0.25, -0.2) is 0 Å². The molecule has 0 radical (unpaired) electrons. The van der Waals surface area contributed by atoms with Gasteiger partial charge in [0.25, 0.3) is 0 Å². The fraction of sp³-hybridized carbons (Fsp3) is 0.533. The molecule has 3 heteroatoms. The third-order valence-corrected chi connectivity index (χ3v) is 4.23. The monoisotopic (exact) mass is 248 g/mol. The standard InChI is InChI=1S/C15H20O3/c1-9-7-12(18-4)14-11(10(9)2)5-6-15(14,3)8-13(16)17/h7H,5-6,8H2,1-4H3,(H,16,17). The average Bonchev–Trinajstić information content (AvgIpc) is 2.61. The van der Waals surface area contributed by atoms with E-state index in [2.05, 4.69) is 13.8 Å². The molecular formula is C15H20O3. The highest BCUT2D eigenvalue weighted by molar-refractivity contribution is 5.71. The van der Waals surface area contributed by atoms with Gasteiger partial charge in [0.2, 0.25) is 0 Å². The van der Waals surface area contributed by atoms with Crippen LogP contribution in [0.3, 0.4) is 0 Å². The van der Waals surface area contributed by atoms with Crippen molar-refractivity contribution in [1.29, 1.82) is 0 Å². The van der Waals surface area contributed by atoms with Gasteiger partial charge in [0, 0.05) is 11.0 Å². The van der Waals surface area contributed by atoms with E-state index in [1.54, 1.807) is 7.11 Å². The molecular weight excluding hydrogens is 228 g/mol. The Hall–Kier alpha value is -1.51. The molecule has 98 valence electrons. The van der Waals surface area contributed by atoms with Gasteiger partial charge >= 0.3 is 5.97 Å². The summed E-state index contributed by atoms with van der Waals surface area (Å²) in [6.45, 7) is 6.22.